The van der Waals surface area contributed by atoms with Crippen LogP contribution < -0.4 is 15.6 Å². The molecule has 0 bridgehead atoms. The molecule has 4 N–H and O–H groups in total. The zero-order valence-corrected chi connectivity index (χ0v) is 25.4. The molecule has 3 heterocycles. The van der Waals surface area contributed by atoms with Gasteiger partial charge in [0, 0.05) is 11.6 Å². The largest absolute Gasteiger partial charge is 0.464 e. The number of nitrogens with one attached hydrogen (secondary N) is 2. The molecule has 0 aliphatic heterocycles. The van der Waals surface area contributed by atoms with Gasteiger partial charge in [-0.05, 0) is 53.8 Å². The van der Waals surface area contributed by atoms with E-state index in [0.29, 0.717) is 35.6 Å². The molecule has 1 amide bonds. The van der Waals surface area contributed by atoms with Gasteiger partial charge in [-0.1, -0.05) is 48.5 Å². The van der Waals surface area contributed by atoms with Gasteiger partial charge in [-0.15, -0.1) is 5.10 Å². The lowest BCUT2D eigenvalue weighted by atomic mass is 9.98. The van der Waals surface area contributed by atoms with Crippen LogP contribution in [0.1, 0.15) is 29.9 Å². The highest BCUT2D eigenvalue weighted by molar-refractivity contribution is 5.88. The Hall–Kier alpha value is -5.62. The summed E-state index contributed by atoms with van der Waals surface area (Å²) in [6.07, 6.45) is -0.190. The Morgan fingerprint density at radius 3 is 2.47 bits per heavy atom. The third-order valence-corrected chi connectivity index (χ3v) is 6.93. The fraction of sp³-hybridized carbons (Fsp3) is 0.267. The standard InChI is InChI=1S/C30H31N9O8/c1-18-27-24(47-30(42)31-16-26(41)45-13-5-6-14-46-39(43)44)15-25(40)38(29(27)33-19(2)32-18)17-20-9-11-21(12-10-20)22-7-3-4-8-23(22)28-34-36-37-35-28/h3-4,7-12,15,43-44H,5-6,13-14,16-17H2,1-2H3,(H,31,42)(H,34,35,36,37). The Morgan fingerprint density at radius 2 is 1.74 bits per heavy atom. The predicted molar refractivity (Wildman–Crippen MR) is 163 cm³/mol. The molecule has 0 fully saturated rings. The van der Waals surface area contributed by atoms with Crippen molar-refractivity contribution in [3.63, 3.8) is 0 Å². The number of carbonyl (C=O) groups excluding carboxylic acids is 2. The van der Waals surface area contributed by atoms with Crippen molar-refractivity contribution in [1.82, 2.24) is 45.9 Å². The van der Waals surface area contributed by atoms with Crippen LogP contribution in [0, 0.1) is 13.8 Å². The predicted octanol–water partition coefficient (Wildman–Crippen LogP) is 2.73. The molecular weight excluding hydrogens is 614 g/mol. The lowest BCUT2D eigenvalue weighted by Gasteiger charge is -2.15. The quantitative estimate of drug-likeness (QED) is 0.0822. The molecule has 5 aromatic rings. The molecule has 0 aliphatic carbocycles. The molecule has 17 nitrogen and oxygen atoms in total. The van der Waals surface area contributed by atoms with Crippen LogP contribution in [-0.4, -0.2) is 82.8 Å². The Morgan fingerprint density at radius 1 is 1.00 bits per heavy atom. The zero-order chi connectivity index (χ0) is 33.3. The molecule has 0 aliphatic rings. The van der Waals surface area contributed by atoms with Crippen molar-refractivity contribution in [2.45, 2.75) is 33.2 Å². The topological polar surface area (TPSA) is 220 Å². The molecule has 0 saturated carbocycles. The van der Waals surface area contributed by atoms with Gasteiger partial charge in [-0.2, -0.15) is 0 Å². The Labute approximate surface area is 266 Å². The first kappa shape index (κ1) is 32.8. The third kappa shape index (κ3) is 8.35. The molecule has 3 aromatic heterocycles. The monoisotopic (exact) mass is 645 g/mol. The number of aromatic nitrogens is 7. The number of aryl methyl sites for hydroxylation is 2. The molecule has 0 atom stereocenters. The normalized spacial score (nSPS) is 11.2. The van der Waals surface area contributed by atoms with Gasteiger partial charge in [-0.25, -0.2) is 19.9 Å². The lowest BCUT2D eigenvalue weighted by molar-refractivity contribution is -0.492. The van der Waals surface area contributed by atoms with E-state index in [2.05, 4.69) is 40.7 Å². The number of tetrazole rings is 1. The van der Waals surface area contributed by atoms with Crippen LogP contribution in [0.4, 0.5) is 4.79 Å². The molecule has 0 radical (unpaired) electrons. The van der Waals surface area contributed by atoms with Crippen molar-refractivity contribution in [3.05, 3.63) is 82.0 Å². The van der Waals surface area contributed by atoms with E-state index in [4.69, 9.17) is 19.9 Å². The maximum Gasteiger partial charge on any atom is 0.413 e. The number of ether oxygens (including phenoxy) is 2. The van der Waals surface area contributed by atoms with Crippen molar-refractivity contribution < 1.29 is 34.3 Å². The first-order valence-corrected chi connectivity index (χ1v) is 14.4. The SMILES string of the molecule is Cc1nc(C)c2c(OC(=O)NCC(=O)OCCCCON(O)O)cc(=O)n(Cc3ccc(-c4ccccc4-c4nnn[nH]4)cc3)c2n1. The van der Waals surface area contributed by atoms with Gasteiger partial charge in [0.2, 0.25) is 0 Å². The highest BCUT2D eigenvalue weighted by Gasteiger charge is 2.19. The molecule has 0 saturated heterocycles. The molecule has 244 valence electrons. The summed E-state index contributed by atoms with van der Waals surface area (Å²) in [5.74, 6) is 0.203. The van der Waals surface area contributed by atoms with Crippen molar-refractivity contribution >= 4 is 23.1 Å². The number of nitrogens with zero attached hydrogens (tertiary/aromatic N) is 7. The highest BCUT2D eigenvalue weighted by atomic mass is 17.1. The number of benzene rings is 2. The molecule has 2 aromatic carbocycles. The fourth-order valence-corrected chi connectivity index (χ4v) is 4.83. The summed E-state index contributed by atoms with van der Waals surface area (Å²) in [4.78, 5) is 51.3. The van der Waals surface area contributed by atoms with E-state index in [0.717, 1.165) is 22.3 Å². The van der Waals surface area contributed by atoms with E-state index in [9.17, 15) is 14.4 Å². The minimum atomic E-state index is -0.975. The summed E-state index contributed by atoms with van der Waals surface area (Å²) in [6, 6.07) is 16.6. The maximum absolute atomic E-state index is 13.4. The first-order chi connectivity index (χ1) is 22.7. The smallest absolute Gasteiger partial charge is 0.413 e. The summed E-state index contributed by atoms with van der Waals surface area (Å²) in [7, 11) is 0. The number of aromatic amines is 1. The van der Waals surface area contributed by atoms with Gasteiger partial charge in [0.1, 0.15) is 12.4 Å². The average Bonchev–Trinajstić information content (AvgIpc) is 3.58. The van der Waals surface area contributed by atoms with Crippen molar-refractivity contribution in [1.29, 1.82) is 0 Å². The molecular formula is C30H31N9O8. The number of rotatable bonds is 13. The number of carbonyl (C=O) groups is 2. The van der Waals surface area contributed by atoms with E-state index >= 15 is 0 Å². The van der Waals surface area contributed by atoms with Crippen LogP contribution >= 0.6 is 0 Å². The van der Waals surface area contributed by atoms with E-state index in [1.807, 2.05) is 48.5 Å². The Kier molecular flexibility index (Phi) is 10.5. The second-order valence-corrected chi connectivity index (χ2v) is 10.2. The number of esters is 1. The van der Waals surface area contributed by atoms with Gasteiger partial charge in [-0.3, -0.25) is 29.4 Å². The number of H-pyrrole nitrogens is 1. The zero-order valence-electron chi connectivity index (χ0n) is 25.4. The number of fused-ring (bicyclic) bond motifs is 1. The van der Waals surface area contributed by atoms with Crippen LogP contribution in [0.25, 0.3) is 33.5 Å². The number of hydrogen-bond acceptors (Lipinski definition) is 14. The summed E-state index contributed by atoms with van der Waals surface area (Å²) in [5, 5.41) is 33.4. The van der Waals surface area contributed by atoms with Crippen LogP contribution in [0.5, 0.6) is 5.75 Å². The number of amides is 1. The fourth-order valence-electron chi connectivity index (χ4n) is 4.83. The summed E-state index contributed by atoms with van der Waals surface area (Å²) < 4.78 is 11.9. The van der Waals surface area contributed by atoms with E-state index < -0.39 is 29.6 Å². The van der Waals surface area contributed by atoms with E-state index in [-0.39, 0.29) is 31.2 Å². The van der Waals surface area contributed by atoms with Crippen LogP contribution in [0.3, 0.4) is 0 Å². The number of hydrogen-bond donors (Lipinski definition) is 4. The number of unbranched alkanes of at least 4 members (excludes halogenated alkanes) is 1. The second kappa shape index (κ2) is 15.1. The van der Waals surface area contributed by atoms with E-state index in [1.165, 1.54) is 10.6 Å². The summed E-state index contributed by atoms with van der Waals surface area (Å²) >= 11 is 0. The van der Waals surface area contributed by atoms with Crippen LogP contribution in [0.15, 0.2) is 59.4 Å². The molecule has 0 unspecified atom stereocenters. The molecule has 47 heavy (non-hydrogen) atoms. The Balaban J connectivity index is 1.29. The highest BCUT2D eigenvalue weighted by Crippen LogP contribution is 2.30. The minimum absolute atomic E-state index is 0.00938. The summed E-state index contributed by atoms with van der Waals surface area (Å²) in [6.45, 7) is 3.16. The van der Waals surface area contributed by atoms with E-state index in [1.54, 1.807) is 13.8 Å². The first-order valence-electron chi connectivity index (χ1n) is 14.4. The minimum Gasteiger partial charge on any atom is -0.464 e. The Bertz CT molecular complexity index is 1910. The van der Waals surface area contributed by atoms with Gasteiger partial charge in [0.15, 0.2) is 17.2 Å². The van der Waals surface area contributed by atoms with Crippen molar-refractivity contribution in [2.24, 2.45) is 0 Å². The van der Waals surface area contributed by atoms with Crippen molar-refractivity contribution in [2.75, 3.05) is 19.8 Å². The summed E-state index contributed by atoms with van der Waals surface area (Å²) in [5.41, 5.74) is 3.84. The van der Waals surface area contributed by atoms with Gasteiger partial charge in [0.25, 0.3) is 5.56 Å². The third-order valence-electron chi connectivity index (χ3n) is 6.93. The van der Waals surface area contributed by atoms with Crippen molar-refractivity contribution in [3.8, 4) is 28.3 Å². The maximum atomic E-state index is 13.4. The van der Waals surface area contributed by atoms with Crippen LogP contribution in [0.2, 0.25) is 0 Å². The van der Waals surface area contributed by atoms with Gasteiger partial charge >= 0.3 is 12.1 Å². The molecule has 0 spiro atoms. The molecule has 17 heteroatoms. The average molecular weight is 646 g/mol. The lowest BCUT2D eigenvalue weighted by Crippen LogP contribution is -2.33. The number of pyridine rings is 1. The van der Waals surface area contributed by atoms with Crippen LogP contribution in [-0.2, 0) is 20.9 Å². The molecule has 5 rings (SSSR count). The second-order valence-electron chi connectivity index (χ2n) is 10.2. The van der Waals surface area contributed by atoms with Gasteiger partial charge in [0.05, 0.1) is 36.2 Å². The van der Waals surface area contributed by atoms with Gasteiger partial charge < -0.3 is 14.8 Å².